The van der Waals surface area contributed by atoms with E-state index in [0.717, 1.165) is 18.9 Å². The van der Waals surface area contributed by atoms with Crippen LogP contribution in [-0.4, -0.2) is 35.7 Å². The number of nitrogens with zero attached hydrogens (tertiary/aromatic N) is 1. The predicted octanol–water partition coefficient (Wildman–Crippen LogP) is 3.44. The van der Waals surface area contributed by atoms with Crippen molar-refractivity contribution in [1.82, 2.24) is 4.90 Å². The van der Waals surface area contributed by atoms with Gasteiger partial charge in [-0.05, 0) is 43.7 Å². The van der Waals surface area contributed by atoms with Gasteiger partial charge in [0.05, 0.1) is 6.10 Å². The Kier molecular flexibility index (Phi) is 5.08. The SMILES string of the molecule is CCC1(C)CCN(CC(O)CC2CCCC2)CC1. The summed E-state index contributed by atoms with van der Waals surface area (Å²) in [5.41, 5.74) is 0.562. The summed E-state index contributed by atoms with van der Waals surface area (Å²) in [7, 11) is 0. The van der Waals surface area contributed by atoms with Gasteiger partial charge in [-0.1, -0.05) is 46.0 Å². The molecule has 2 nitrogen and oxygen atoms in total. The Morgan fingerprint density at radius 2 is 1.83 bits per heavy atom. The Morgan fingerprint density at radius 1 is 1.22 bits per heavy atom. The molecule has 2 heteroatoms. The van der Waals surface area contributed by atoms with Crippen LogP contribution in [0.15, 0.2) is 0 Å². The molecule has 18 heavy (non-hydrogen) atoms. The fourth-order valence-corrected chi connectivity index (χ4v) is 3.63. The molecule has 2 fully saturated rings. The molecule has 2 aliphatic rings. The van der Waals surface area contributed by atoms with Crippen LogP contribution in [0.3, 0.4) is 0 Å². The van der Waals surface area contributed by atoms with Gasteiger partial charge in [0, 0.05) is 6.54 Å². The van der Waals surface area contributed by atoms with Crippen LogP contribution in [0.2, 0.25) is 0 Å². The van der Waals surface area contributed by atoms with Gasteiger partial charge in [-0.15, -0.1) is 0 Å². The number of likely N-dealkylation sites (tertiary alicyclic amines) is 1. The second-order valence-electron chi connectivity index (χ2n) is 7.00. The minimum absolute atomic E-state index is 0.0842. The van der Waals surface area contributed by atoms with Gasteiger partial charge >= 0.3 is 0 Å². The largest absolute Gasteiger partial charge is 0.392 e. The molecule has 0 aromatic heterocycles. The van der Waals surface area contributed by atoms with Crippen LogP contribution < -0.4 is 0 Å². The van der Waals surface area contributed by atoms with Gasteiger partial charge in [0.1, 0.15) is 0 Å². The molecule has 1 aliphatic carbocycles. The third-order valence-electron chi connectivity index (χ3n) is 5.47. The molecule has 0 amide bonds. The van der Waals surface area contributed by atoms with Crippen molar-refractivity contribution in [1.29, 1.82) is 0 Å². The summed E-state index contributed by atoms with van der Waals surface area (Å²) in [4.78, 5) is 2.48. The number of aliphatic hydroxyl groups excluding tert-OH is 1. The van der Waals surface area contributed by atoms with Crippen LogP contribution in [0.5, 0.6) is 0 Å². The molecule has 1 atom stereocenters. The molecule has 1 saturated heterocycles. The lowest BCUT2D eigenvalue weighted by atomic mass is 9.78. The van der Waals surface area contributed by atoms with E-state index >= 15 is 0 Å². The number of aliphatic hydroxyl groups is 1. The van der Waals surface area contributed by atoms with Gasteiger partial charge in [-0.2, -0.15) is 0 Å². The van der Waals surface area contributed by atoms with Crippen molar-refractivity contribution in [2.45, 2.75) is 71.3 Å². The van der Waals surface area contributed by atoms with Crippen molar-refractivity contribution in [3.63, 3.8) is 0 Å². The first kappa shape index (κ1) is 14.3. The van der Waals surface area contributed by atoms with E-state index in [4.69, 9.17) is 0 Å². The fraction of sp³-hybridized carbons (Fsp3) is 1.00. The monoisotopic (exact) mass is 253 g/mol. The molecule has 0 bridgehead atoms. The van der Waals surface area contributed by atoms with Gasteiger partial charge in [-0.25, -0.2) is 0 Å². The number of rotatable bonds is 5. The smallest absolute Gasteiger partial charge is 0.0669 e. The van der Waals surface area contributed by atoms with E-state index in [2.05, 4.69) is 18.7 Å². The molecule has 2 rings (SSSR count). The molecule has 0 aromatic carbocycles. The van der Waals surface area contributed by atoms with E-state index in [1.165, 1.54) is 58.0 Å². The van der Waals surface area contributed by atoms with Crippen LogP contribution in [-0.2, 0) is 0 Å². The fourth-order valence-electron chi connectivity index (χ4n) is 3.63. The van der Waals surface area contributed by atoms with Crippen LogP contribution in [0.25, 0.3) is 0 Å². The highest BCUT2D eigenvalue weighted by molar-refractivity contribution is 4.82. The van der Waals surface area contributed by atoms with Crippen LogP contribution in [0.1, 0.15) is 65.2 Å². The zero-order chi connectivity index (χ0) is 13.0. The van der Waals surface area contributed by atoms with Crippen molar-refractivity contribution >= 4 is 0 Å². The second kappa shape index (κ2) is 6.38. The molecule has 106 valence electrons. The molecule has 0 aromatic rings. The second-order valence-corrected chi connectivity index (χ2v) is 7.00. The summed E-state index contributed by atoms with van der Waals surface area (Å²) in [5, 5.41) is 10.2. The van der Waals surface area contributed by atoms with Gasteiger partial charge < -0.3 is 10.0 Å². The van der Waals surface area contributed by atoms with Crippen LogP contribution in [0, 0.1) is 11.3 Å². The Balaban J connectivity index is 1.67. The maximum atomic E-state index is 10.2. The summed E-state index contributed by atoms with van der Waals surface area (Å²) in [6.45, 7) is 8.01. The zero-order valence-corrected chi connectivity index (χ0v) is 12.3. The average Bonchev–Trinajstić information content (AvgIpc) is 2.85. The first-order valence-corrected chi connectivity index (χ1v) is 8.02. The van der Waals surface area contributed by atoms with Crippen molar-refractivity contribution in [2.75, 3.05) is 19.6 Å². The van der Waals surface area contributed by atoms with Gasteiger partial charge in [0.2, 0.25) is 0 Å². The Bertz CT molecular complexity index is 239. The van der Waals surface area contributed by atoms with Crippen molar-refractivity contribution < 1.29 is 5.11 Å². The summed E-state index contributed by atoms with van der Waals surface area (Å²) in [6.07, 6.45) is 10.3. The van der Waals surface area contributed by atoms with E-state index in [9.17, 15) is 5.11 Å². The molecule has 1 unspecified atom stereocenters. The van der Waals surface area contributed by atoms with Crippen LogP contribution >= 0.6 is 0 Å². The summed E-state index contributed by atoms with van der Waals surface area (Å²) in [5.74, 6) is 0.811. The maximum Gasteiger partial charge on any atom is 0.0669 e. The first-order valence-electron chi connectivity index (χ1n) is 8.02. The minimum atomic E-state index is -0.0842. The molecule has 1 N–H and O–H groups in total. The quantitative estimate of drug-likeness (QED) is 0.811. The Labute approximate surface area is 113 Å². The van der Waals surface area contributed by atoms with E-state index in [1.54, 1.807) is 0 Å². The van der Waals surface area contributed by atoms with Crippen molar-refractivity contribution in [2.24, 2.45) is 11.3 Å². The summed E-state index contributed by atoms with van der Waals surface area (Å²) >= 11 is 0. The third kappa shape index (κ3) is 3.96. The van der Waals surface area contributed by atoms with Crippen molar-refractivity contribution in [3.05, 3.63) is 0 Å². The Morgan fingerprint density at radius 3 is 2.39 bits per heavy atom. The lowest BCUT2D eigenvalue weighted by molar-refractivity contribution is 0.0522. The Hall–Kier alpha value is -0.0800. The van der Waals surface area contributed by atoms with E-state index in [1.807, 2.05) is 0 Å². The number of piperidine rings is 1. The molecule has 0 radical (unpaired) electrons. The molecule has 1 aliphatic heterocycles. The molecular formula is C16H31NO. The zero-order valence-electron chi connectivity index (χ0n) is 12.3. The lowest BCUT2D eigenvalue weighted by Gasteiger charge is -2.39. The summed E-state index contributed by atoms with van der Waals surface area (Å²) in [6, 6.07) is 0. The highest BCUT2D eigenvalue weighted by atomic mass is 16.3. The van der Waals surface area contributed by atoms with Crippen LogP contribution in [0.4, 0.5) is 0 Å². The van der Waals surface area contributed by atoms with E-state index in [0.29, 0.717) is 5.41 Å². The predicted molar refractivity (Wildman–Crippen MR) is 76.7 cm³/mol. The molecular weight excluding hydrogens is 222 g/mol. The van der Waals surface area contributed by atoms with E-state index in [-0.39, 0.29) is 6.10 Å². The molecule has 1 heterocycles. The average molecular weight is 253 g/mol. The topological polar surface area (TPSA) is 23.5 Å². The van der Waals surface area contributed by atoms with Gasteiger partial charge in [-0.3, -0.25) is 0 Å². The minimum Gasteiger partial charge on any atom is -0.392 e. The first-order chi connectivity index (χ1) is 8.61. The normalized spacial score (nSPS) is 27.5. The van der Waals surface area contributed by atoms with Gasteiger partial charge in [0.25, 0.3) is 0 Å². The highest BCUT2D eigenvalue weighted by Gasteiger charge is 2.29. The number of β-amino-alcohol motifs (C(OH)–C–C–N with tert-alkyl or cyclic N) is 1. The van der Waals surface area contributed by atoms with Crippen molar-refractivity contribution in [3.8, 4) is 0 Å². The third-order valence-corrected chi connectivity index (χ3v) is 5.47. The van der Waals surface area contributed by atoms with E-state index < -0.39 is 0 Å². The highest BCUT2D eigenvalue weighted by Crippen LogP contribution is 2.34. The molecule has 0 spiro atoms. The molecule has 1 saturated carbocycles. The van der Waals surface area contributed by atoms with Gasteiger partial charge in [0.15, 0.2) is 0 Å². The number of hydrogen-bond donors (Lipinski definition) is 1. The maximum absolute atomic E-state index is 10.2. The standard InChI is InChI=1S/C16H31NO/c1-3-16(2)8-10-17(11-9-16)13-15(18)12-14-6-4-5-7-14/h14-15,18H,3-13H2,1-2H3. The number of hydrogen-bond acceptors (Lipinski definition) is 2. The lowest BCUT2D eigenvalue weighted by Crippen LogP contribution is -2.42. The summed E-state index contributed by atoms with van der Waals surface area (Å²) < 4.78 is 0.